The summed E-state index contributed by atoms with van der Waals surface area (Å²) >= 11 is 0. The lowest BCUT2D eigenvalue weighted by Gasteiger charge is -2.29. The minimum Gasteiger partial charge on any atom is -0.422 e. The second-order valence-corrected chi connectivity index (χ2v) is 7.47. The summed E-state index contributed by atoms with van der Waals surface area (Å²) in [5.41, 5.74) is 0.624. The summed E-state index contributed by atoms with van der Waals surface area (Å²) in [7, 11) is 3.70. The van der Waals surface area contributed by atoms with Crippen molar-refractivity contribution in [3.8, 4) is 5.75 Å². The van der Waals surface area contributed by atoms with Crippen LogP contribution in [0.5, 0.6) is 5.75 Å². The molecule has 1 aromatic carbocycles. The van der Waals surface area contributed by atoms with Gasteiger partial charge >= 0.3 is 7.67 Å². The van der Waals surface area contributed by atoms with Crippen molar-refractivity contribution in [3.63, 3.8) is 0 Å². The van der Waals surface area contributed by atoms with Gasteiger partial charge in [-0.2, -0.15) is 0 Å². The highest BCUT2D eigenvalue weighted by atomic mass is 31.2. The fourth-order valence-electron chi connectivity index (χ4n) is 1.54. The molecule has 1 aromatic rings. The van der Waals surface area contributed by atoms with Crippen LogP contribution >= 0.6 is 7.67 Å². The molecule has 0 spiro atoms. The Bertz CT molecular complexity index is 505. The van der Waals surface area contributed by atoms with Crippen LogP contribution in [0.3, 0.4) is 0 Å². The number of hydrogen-bond donors (Lipinski definition) is 1. The van der Waals surface area contributed by atoms with Crippen LogP contribution in [0.4, 0.5) is 5.69 Å². The Hall–Kier alpha value is -1.36. The van der Waals surface area contributed by atoms with E-state index in [0.717, 1.165) is 0 Å². The van der Waals surface area contributed by atoms with Crippen molar-refractivity contribution in [2.45, 2.75) is 13.3 Å². The van der Waals surface area contributed by atoms with E-state index in [-0.39, 0.29) is 5.91 Å². The van der Waals surface area contributed by atoms with Gasteiger partial charge in [0.2, 0.25) is 5.91 Å². The predicted octanol–water partition coefficient (Wildman–Crippen LogP) is 2.65. The fourth-order valence-corrected chi connectivity index (χ4v) is 2.97. The van der Waals surface area contributed by atoms with Crippen molar-refractivity contribution in [1.82, 2.24) is 9.34 Å². The fraction of sp³-hybridized carbons (Fsp3) is 0.462. The zero-order chi connectivity index (χ0) is 15.3. The van der Waals surface area contributed by atoms with Gasteiger partial charge in [-0.1, -0.05) is 13.0 Å². The van der Waals surface area contributed by atoms with Crippen LogP contribution in [-0.2, 0) is 9.36 Å². The summed E-state index contributed by atoms with van der Waals surface area (Å²) in [5.74, 6) is 0.371. The highest BCUT2D eigenvalue weighted by Crippen LogP contribution is 2.50. The summed E-state index contributed by atoms with van der Waals surface area (Å²) in [6.07, 6.45) is 0.402. The molecular weight excluding hydrogens is 277 g/mol. The molecule has 0 radical (unpaired) electrons. The standard InChI is InChI=1S/C13H22N3O3P/c1-6-13(17)14-11-8-7-9-12(10-11)19-20(18,15(2)3)16(4)5/h7-10H,6H2,1-5H3,(H,14,17). The molecule has 112 valence electrons. The third kappa shape index (κ3) is 4.07. The Morgan fingerprint density at radius 3 is 2.35 bits per heavy atom. The minimum atomic E-state index is -3.09. The summed E-state index contributed by atoms with van der Waals surface area (Å²) < 4.78 is 21.4. The molecule has 0 saturated heterocycles. The van der Waals surface area contributed by atoms with Gasteiger partial charge in [0.05, 0.1) is 0 Å². The lowest BCUT2D eigenvalue weighted by atomic mass is 10.3. The maximum absolute atomic E-state index is 12.7. The Kier molecular flexibility index (Phi) is 5.74. The van der Waals surface area contributed by atoms with Gasteiger partial charge in [-0.25, -0.2) is 13.9 Å². The van der Waals surface area contributed by atoms with Crippen LogP contribution in [0.1, 0.15) is 13.3 Å². The second-order valence-electron chi connectivity index (χ2n) is 4.71. The van der Waals surface area contributed by atoms with Gasteiger partial charge in [0, 0.05) is 18.2 Å². The number of amides is 1. The minimum absolute atomic E-state index is 0.0782. The molecule has 0 heterocycles. The molecule has 0 aliphatic carbocycles. The number of nitrogens with zero attached hydrogens (tertiary/aromatic N) is 2. The van der Waals surface area contributed by atoms with E-state index >= 15 is 0 Å². The molecule has 0 aromatic heterocycles. The van der Waals surface area contributed by atoms with Gasteiger partial charge in [0.15, 0.2) is 0 Å². The number of anilines is 1. The van der Waals surface area contributed by atoms with E-state index in [4.69, 9.17) is 4.52 Å². The number of rotatable bonds is 6. The second kappa shape index (κ2) is 6.88. The van der Waals surface area contributed by atoms with E-state index in [0.29, 0.717) is 17.9 Å². The van der Waals surface area contributed by atoms with Crippen molar-refractivity contribution in [2.24, 2.45) is 0 Å². The molecule has 0 aliphatic heterocycles. The molecule has 0 fully saturated rings. The van der Waals surface area contributed by atoms with Gasteiger partial charge in [-0.3, -0.25) is 4.79 Å². The van der Waals surface area contributed by atoms with Crippen LogP contribution < -0.4 is 9.84 Å². The highest BCUT2D eigenvalue weighted by Gasteiger charge is 2.31. The molecule has 0 saturated carbocycles. The summed E-state index contributed by atoms with van der Waals surface area (Å²) in [4.78, 5) is 11.4. The maximum atomic E-state index is 12.7. The largest absolute Gasteiger partial charge is 0.422 e. The van der Waals surface area contributed by atoms with Crippen LogP contribution in [0.2, 0.25) is 0 Å². The zero-order valence-corrected chi connectivity index (χ0v) is 13.5. The molecular formula is C13H22N3O3P. The lowest BCUT2D eigenvalue weighted by Crippen LogP contribution is -2.24. The Morgan fingerprint density at radius 2 is 1.85 bits per heavy atom. The smallest absolute Gasteiger partial charge is 0.394 e. The van der Waals surface area contributed by atoms with Crippen molar-refractivity contribution < 1.29 is 13.9 Å². The quantitative estimate of drug-likeness (QED) is 0.818. The van der Waals surface area contributed by atoms with E-state index in [1.165, 1.54) is 0 Å². The Balaban J connectivity index is 2.95. The first-order valence-corrected chi connectivity index (χ1v) is 7.87. The molecule has 0 atom stereocenters. The van der Waals surface area contributed by atoms with E-state index in [9.17, 15) is 9.36 Å². The number of carbonyl (C=O) groups is 1. The van der Waals surface area contributed by atoms with Crippen molar-refractivity contribution >= 4 is 19.3 Å². The average molecular weight is 299 g/mol. The monoisotopic (exact) mass is 299 g/mol. The van der Waals surface area contributed by atoms with Crippen LogP contribution in [-0.4, -0.2) is 43.4 Å². The lowest BCUT2D eigenvalue weighted by molar-refractivity contribution is -0.115. The van der Waals surface area contributed by atoms with Crippen molar-refractivity contribution in [2.75, 3.05) is 33.5 Å². The van der Waals surface area contributed by atoms with E-state index < -0.39 is 7.67 Å². The first-order valence-electron chi connectivity index (χ1n) is 6.34. The number of benzene rings is 1. The summed E-state index contributed by atoms with van der Waals surface area (Å²) in [5, 5.41) is 2.74. The molecule has 7 heteroatoms. The molecule has 0 bridgehead atoms. The van der Waals surface area contributed by atoms with Gasteiger partial charge in [-0.05, 0) is 40.3 Å². The maximum Gasteiger partial charge on any atom is 0.394 e. The Labute approximate surface area is 120 Å². The SMILES string of the molecule is CCC(=O)Nc1cccc(OP(=O)(N(C)C)N(C)C)c1. The van der Waals surface area contributed by atoms with Gasteiger partial charge in [-0.15, -0.1) is 0 Å². The van der Waals surface area contributed by atoms with E-state index in [1.54, 1.807) is 68.7 Å². The van der Waals surface area contributed by atoms with Crippen LogP contribution in [0.15, 0.2) is 24.3 Å². The normalized spacial score (nSPS) is 11.8. The first kappa shape index (κ1) is 16.7. The van der Waals surface area contributed by atoms with Gasteiger partial charge in [0.1, 0.15) is 5.75 Å². The van der Waals surface area contributed by atoms with Crippen LogP contribution in [0, 0.1) is 0 Å². The highest BCUT2D eigenvalue weighted by molar-refractivity contribution is 7.54. The molecule has 1 N–H and O–H groups in total. The molecule has 6 nitrogen and oxygen atoms in total. The van der Waals surface area contributed by atoms with Gasteiger partial charge in [0.25, 0.3) is 0 Å². The molecule has 1 amide bonds. The van der Waals surface area contributed by atoms with Crippen LogP contribution in [0.25, 0.3) is 0 Å². The first-order chi connectivity index (χ1) is 9.29. The molecule has 20 heavy (non-hydrogen) atoms. The van der Waals surface area contributed by atoms with E-state index in [1.807, 2.05) is 0 Å². The predicted molar refractivity (Wildman–Crippen MR) is 81.0 cm³/mol. The molecule has 0 aliphatic rings. The average Bonchev–Trinajstić information content (AvgIpc) is 2.38. The third-order valence-electron chi connectivity index (χ3n) is 2.67. The topological polar surface area (TPSA) is 61.9 Å². The van der Waals surface area contributed by atoms with Crippen molar-refractivity contribution in [3.05, 3.63) is 24.3 Å². The summed E-state index contributed by atoms with van der Waals surface area (Å²) in [6, 6.07) is 6.88. The number of hydrogen-bond acceptors (Lipinski definition) is 3. The van der Waals surface area contributed by atoms with E-state index in [2.05, 4.69) is 5.32 Å². The Morgan fingerprint density at radius 1 is 1.25 bits per heavy atom. The summed E-state index contributed by atoms with van der Waals surface area (Å²) in [6.45, 7) is 1.78. The number of carbonyl (C=O) groups excluding carboxylic acids is 1. The molecule has 0 unspecified atom stereocenters. The van der Waals surface area contributed by atoms with Gasteiger partial charge < -0.3 is 9.84 Å². The third-order valence-corrected chi connectivity index (χ3v) is 5.14. The molecule has 1 rings (SSSR count). The zero-order valence-electron chi connectivity index (χ0n) is 12.6. The number of nitrogens with one attached hydrogen (secondary N) is 1. The van der Waals surface area contributed by atoms with Crippen molar-refractivity contribution in [1.29, 1.82) is 0 Å².